The fourth-order valence-electron chi connectivity index (χ4n) is 2.59. The van der Waals surface area contributed by atoms with Crippen LogP contribution < -0.4 is 0 Å². The van der Waals surface area contributed by atoms with Crippen molar-refractivity contribution in [3.05, 3.63) is 0 Å². The monoisotopic (exact) mass is 233 g/mol. The zero-order valence-corrected chi connectivity index (χ0v) is 11.3. The van der Waals surface area contributed by atoms with Gasteiger partial charge in [-0.15, -0.1) is 11.8 Å². The molecule has 0 aliphatic heterocycles. The van der Waals surface area contributed by atoms with Gasteiger partial charge in [0, 0.05) is 12.8 Å². The number of ether oxygens (including phenoxy) is 1. The van der Waals surface area contributed by atoms with Gasteiger partial charge in [-0.3, -0.25) is 0 Å². The van der Waals surface area contributed by atoms with Crippen molar-refractivity contribution in [2.24, 2.45) is 17.8 Å². The van der Waals surface area contributed by atoms with Gasteiger partial charge in [-0.25, -0.2) is 0 Å². The molecular weight excluding hydrogens is 209 g/mol. The average molecular weight is 233 g/mol. The van der Waals surface area contributed by atoms with Gasteiger partial charge in [-0.2, -0.15) is 0 Å². The third-order valence-corrected chi connectivity index (χ3v) is 3.46. The molecule has 0 amide bonds. The third-order valence-electron chi connectivity index (χ3n) is 3.46. The number of fused-ring (bicyclic) bond motifs is 1. The molecule has 17 heavy (non-hydrogen) atoms. The first-order valence-corrected chi connectivity index (χ1v) is 6.73. The van der Waals surface area contributed by atoms with Crippen LogP contribution in [0, 0.1) is 34.9 Å². The van der Waals surface area contributed by atoms with Crippen LogP contribution in [0.3, 0.4) is 0 Å². The summed E-state index contributed by atoms with van der Waals surface area (Å²) in [5.74, 6) is 9.19. The molecule has 1 fully saturated rings. The summed E-state index contributed by atoms with van der Waals surface area (Å²) in [6.07, 6.45) is 5.23. The Morgan fingerprint density at radius 3 is 2.12 bits per heavy atom. The molecule has 2 unspecified atom stereocenters. The van der Waals surface area contributed by atoms with E-state index >= 15 is 0 Å². The molecule has 0 saturated heterocycles. The Bertz CT molecular complexity index is 274. The number of hydrogen-bond donors (Lipinski definition) is 1. The van der Waals surface area contributed by atoms with Gasteiger partial charge in [-0.05, 0) is 44.4 Å². The molecule has 0 aromatic rings. The zero-order chi connectivity index (χ0) is 12.7. The molecule has 0 heterocycles. The molecule has 0 radical (unpaired) electrons. The molecule has 2 nitrogen and oxygen atoms in total. The minimum Gasteiger partial charge on any atom is -0.378 e. The Kier molecular flexibility index (Phi) is 6.51. The summed E-state index contributed by atoms with van der Waals surface area (Å²) in [7, 11) is 1.25. The minimum atomic E-state index is 0.387. The largest absolute Gasteiger partial charge is 0.378 e. The standard InChI is InChI=1S/C13H20O.CH4BN/c1-10(2)14-9-13-11-7-5-3-4-6-8-12(11)13;1-2-3/h10-13H,5-9H2,1-2H3;3H,1H3. The molecule has 1 N–H and O–H groups in total. The van der Waals surface area contributed by atoms with Crippen molar-refractivity contribution in [1.82, 2.24) is 0 Å². The summed E-state index contributed by atoms with van der Waals surface area (Å²) in [5.41, 5.74) is 0. The molecule has 0 spiro atoms. The Hall–Kier alpha value is -0.615. The molecule has 3 heteroatoms. The van der Waals surface area contributed by atoms with E-state index in [2.05, 4.69) is 25.7 Å². The van der Waals surface area contributed by atoms with Gasteiger partial charge in [0.1, 0.15) is 0 Å². The summed E-state index contributed by atoms with van der Waals surface area (Å²) in [6.45, 7) is 6.88. The molecule has 1 saturated carbocycles. The maximum Gasteiger partial charge on any atom is 0.0519 e. The maximum absolute atomic E-state index is 6.08. The van der Waals surface area contributed by atoms with Gasteiger partial charge < -0.3 is 4.74 Å². The maximum atomic E-state index is 6.08. The van der Waals surface area contributed by atoms with E-state index < -0.39 is 0 Å². The van der Waals surface area contributed by atoms with E-state index in [1.807, 2.05) is 0 Å². The summed E-state index contributed by atoms with van der Waals surface area (Å²) >= 11 is 0. The van der Waals surface area contributed by atoms with Crippen molar-refractivity contribution in [1.29, 1.82) is 5.31 Å². The Morgan fingerprint density at radius 1 is 1.24 bits per heavy atom. The SMILES string of the molecule is CB=N.CC(C)OCC1C2CCC#CCCC21. The average Bonchev–Trinajstić information content (AvgIpc) is 2.86. The van der Waals surface area contributed by atoms with Gasteiger partial charge in [-0.1, -0.05) is 0 Å². The smallest absolute Gasteiger partial charge is 0.0519 e. The van der Waals surface area contributed by atoms with Crippen LogP contribution in [0.1, 0.15) is 39.5 Å². The molecule has 94 valence electrons. The summed E-state index contributed by atoms with van der Waals surface area (Å²) in [5, 5.41) is 6.08. The number of rotatable bonds is 3. The first-order valence-electron chi connectivity index (χ1n) is 6.73. The van der Waals surface area contributed by atoms with Crippen LogP contribution in [0.25, 0.3) is 0 Å². The first-order chi connectivity index (χ1) is 8.20. The molecule has 0 aromatic heterocycles. The molecule has 2 rings (SSSR count). The Balaban J connectivity index is 0.000000437. The van der Waals surface area contributed by atoms with Crippen molar-refractivity contribution < 1.29 is 4.74 Å². The van der Waals surface area contributed by atoms with Gasteiger partial charge in [0.05, 0.1) is 12.7 Å². The number of hydrogen-bond acceptors (Lipinski definition) is 2. The van der Waals surface area contributed by atoms with Crippen LogP contribution >= 0.6 is 0 Å². The van der Waals surface area contributed by atoms with E-state index in [0.29, 0.717) is 6.10 Å². The van der Waals surface area contributed by atoms with Crippen molar-refractivity contribution in [3.63, 3.8) is 0 Å². The van der Waals surface area contributed by atoms with E-state index in [4.69, 9.17) is 10.0 Å². The predicted octanol–water partition coefficient (Wildman–Crippen LogP) is 3.35. The van der Waals surface area contributed by atoms with Gasteiger partial charge in [0.2, 0.25) is 0 Å². The minimum absolute atomic E-state index is 0.387. The van der Waals surface area contributed by atoms with Crippen LogP contribution in [-0.2, 0) is 4.74 Å². The van der Waals surface area contributed by atoms with E-state index in [9.17, 15) is 0 Å². The predicted molar refractivity (Wildman–Crippen MR) is 72.1 cm³/mol. The fraction of sp³-hybridized carbons (Fsp3) is 0.857. The zero-order valence-electron chi connectivity index (χ0n) is 11.3. The van der Waals surface area contributed by atoms with E-state index in [0.717, 1.165) is 37.2 Å². The quantitative estimate of drug-likeness (QED) is 0.588. The van der Waals surface area contributed by atoms with Crippen LogP contribution in [0.4, 0.5) is 0 Å². The van der Waals surface area contributed by atoms with Gasteiger partial charge in [0.25, 0.3) is 0 Å². The van der Waals surface area contributed by atoms with Crippen molar-refractivity contribution in [2.75, 3.05) is 6.61 Å². The summed E-state index contributed by atoms with van der Waals surface area (Å²) < 4.78 is 5.70. The third kappa shape index (κ3) is 5.04. The number of nitrogens with one attached hydrogen (secondary N) is 1. The Morgan fingerprint density at radius 2 is 1.71 bits per heavy atom. The second-order valence-electron chi connectivity index (χ2n) is 5.09. The molecule has 0 aromatic carbocycles. The molecule has 0 bridgehead atoms. The molecule has 2 atom stereocenters. The summed E-state index contributed by atoms with van der Waals surface area (Å²) in [4.78, 5) is 0. The second kappa shape index (κ2) is 7.66. The van der Waals surface area contributed by atoms with Crippen LogP contribution in [0.5, 0.6) is 0 Å². The second-order valence-corrected chi connectivity index (χ2v) is 5.09. The van der Waals surface area contributed by atoms with Crippen LogP contribution in [0.2, 0.25) is 6.82 Å². The van der Waals surface area contributed by atoms with Crippen molar-refractivity contribution >= 4 is 7.07 Å². The van der Waals surface area contributed by atoms with E-state index in [1.54, 1.807) is 6.82 Å². The van der Waals surface area contributed by atoms with Gasteiger partial charge in [0.15, 0.2) is 0 Å². The molecule has 2 aliphatic rings. The van der Waals surface area contributed by atoms with Crippen molar-refractivity contribution in [2.45, 2.75) is 52.5 Å². The topological polar surface area (TPSA) is 33.1 Å². The van der Waals surface area contributed by atoms with E-state index in [-0.39, 0.29) is 0 Å². The van der Waals surface area contributed by atoms with Crippen molar-refractivity contribution in [3.8, 4) is 11.8 Å². The fourth-order valence-corrected chi connectivity index (χ4v) is 2.59. The van der Waals surface area contributed by atoms with Crippen LogP contribution in [-0.4, -0.2) is 19.8 Å². The van der Waals surface area contributed by atoms with Gasteiger partial charge >= 0.3 is 19.2 Å². The molecular formula is C14H24BNO. The summed E-state index contributed by atoms with van der Waals surface area (Å²) in [6, 6.07) is 0. The van der Waals surface area contributed by atoms with E-state index in [1.165, 1.54) is 19.9 Å². The Labute approximate surface area is 106 Å². The first kappa shape index (κ1) is 14.4. The molecule has 2 aliphatic carbocycles. The van der Waals surface area contributed by atoms with Crippen LogP contribution in [0.15, 0.2) is 0 Å². The normalized spacial score (nSPS) is 29.5.